The van der Waals surface area contributed by atoms with Crippen LogP contribution in [0.3, 0.4) is 0 Å². The van der Waals surface area contributed by atoms with Crippen molar-refractivity contribution in [2.24, 2.45) is 0 Å². The maximum absolute atomic E-state index is 12.3. The summed E-state index contributed by atoms with van der Waals surface area (Å²) >= 11 is 0. The first-order chi connectivity index (χ1) is 6.50. The van der Waals surface area contributed by atoms with E-state index in [9.17, 15) is 4.21 Å². The van der Waals surface area contributed by atoms with Crippen LogP contribution in [-0.4, -0.2) is 10.1 Å². The van der Waals surface area contributed by atoms with Crippen molar-refractivity contribution in [2.45, 2.75) is 11.8 Å². The SMILES string of the molecule is C=CC(=C)S(=C)(=O)c1ccccc1C. The molecule has 0 radical (unpaired) electrons. The summed E-state index contributed by atoms with van der Waals surface area (Å²) in [6, 6.07) is 7.49. The van der Waals surface area contributed by atoms with Crippen LogP contribution in [0, 0.1) is 6.92 Å². The van der Waals surface area contributed by atoms with E-state index < -0.39 is 9.52 Å². The summed E-state index contributed by atoms with van der Waals surface area (Å²) in [5.41, 5.74) is 0.968. The fraction of sp³-hybridized carbons (Fsp3) is 0.0833. The summed E-state index contributed by atoms with van der Waals surface area (Å²) in [6.45, 7) is 9.18. The quantitative estimate of drug-likeness (QED) is 0.549. The summed E-state index contributed by atoms with van der Waals surface area (Å²) in [5, 5.41) is 0. The molecule has 0 aliphatic heterocycles. The third kappa shape index (κ3) is 1.80. The Morgan fingerprint density at radius 1 is 1.43 bits per heavy atom. The summed E-state index contributed by atoms with van der Waals surface area (Å²) in [5.74, 6) is 3.73. The van der Waals surface area contributed by atoms with E-state index in [-0.39, 0.29) is 0 Å². The summed E-state index contributed by atoms with van der Waals surface area (Å²) < 4.78 is 12.3. The molecule has 0 heterocycles. The molecule has 0 spiro atoms. The van der Waals surface area contributed by atoms with Crippen molar-refractivity contribution in [3.8, 4) is 0 Å². The van der Waals surface area contributed by atoms with Gasteiger partial charge >= 0.3 is 0 Å². The van der Waals surface area contributed by atoms with E-state index in [4.69, 9.17) is 0 Å². The number of aryl methyl sites for hydroxylation is 1. The number of hydrogen-bond acceptors (Lipinski definition) is 1. The lowest BCUT2D eigenvalue weighted by Gasteiger charge is -2.11. The molecular formula is C12H14OS. The molecule has 0 saturated carbocycles. The van der Waals surface area contributed by atoms with Crippen molar-refractivity contribution < 1.29 is 4.21 Å². The highest BCUT2D eigenvalue weighted by Crippen LogP contribution is 2.21. The molecule has 0 fully saturated rings. The zero-order valence-corrected chi connectivity index (χ0v) is 9.14. The Bertz CT molecular complexity index is 467. The molecule has 0 aliphatic rings. The van der Waals surface area contributed by atoms with Crippen molar-refractivity contribution in [3.05, 3.63) is 54.0 Å². The summed E-state index contributed by atoms with van der Waals surface area (Å²) in [6.07, 6.45) is 1.50. The van der Waals surface area contributed by atoms with Gasteiger partial charge in [-0.3, -0.25) is 4.21 Å². The van der Waals surface area contributed by atoms with Gasteiger partial charge in [-0.15, -0.1) is 0 Å². The number of benzene rings is 1. The Kier molecular flexibility index (Phi) is 2.96. The van der Waals surface area contributed by atoms with E-state index in [0.29, 0.717) is 4.91 Å². The second-order valence-electron chi connectivity index (χ2n) is 3.11. The first kappa shape index (κ1) is 10.8. The molecule has 0 aromatic heterocycles. The van der Waals surface area contributed by atoms with Crippen LogP contribution in [0.4, 0.5) is 0 Å². The molecule has 0 bridgehead atoms. The Morgan fingerprint density at radius 3 is 2.50 bits per heavy atom. The first-order valence-corrected chi connectivity index (χ1v) is 5.97. The Balaban J connectivity index is 3.38. The van der Waals surface area contributed by atoms with Crippen LogP contribution in [0.2, 0.25) is 0 Å². The van der Waals surface area contributed by atoms with E-state index in [1.165, 1.54) is 6.08 Å². The molecule has 0 N–H and O–H groups in total. The molecule has 1 rings (SSSR count). The van der Waals surface area contributed by atoms with Crippen molar-refractivity contribution in [1.29, 1.82) is 0 Å². The van der Waals surface area contributed by atoms with Gasteiger partial charge in [-0.2, -0.15) is 0 Å². The van der Waals surface area contributed by atoms with Crippen molar-refractivity contribution >= 4 is 15.4 Å². The predicted octanol–water partition coefficient (Wildman–Crippen LogP) is 2.77. The van der Waals surface area contributed by atoms with Crippen LogP contribution >= 0.6 is 0 Å². The van der Waals surface area contributed by atoms with Crippen LogP contribution in [0.25, 0.3) is 0 Å². The summed E-state index contributed by atoms with van der Waals surface area (Å²) in [7, 11) is -2.43. The maximum Gasteiger partial charge on any atom is 0.0379 e. The third-order valence-electron chi connectivity index (χ3n) is 2.10. The minimum atomic E-state index is -2.43. The van der Waals surface area contributed by atoms with Crippen molar-refractivity contribution in [2.75, 3.05) is 0 Å². The molecule has 0 amide bonds. The second-order valence-corrected chi connectivity index (χ2v) is 5.43. The molecule has 1 aromatic carbocycles. The smallest absolute Gasteiger partial charge is 0.0379 e. The molecule has 1 aromatic rings. The van der Waals surface area contributed by atoms with Gasteiger partial charge in [0.25, 0.3) is 0 Å². The standard InChI is InChI=1S/C12H14OS/c1-5-11(3)14(4,13)12-9-7-6-8-10(12)2/h5-9H,1,3-4H2,2H3. The molecule has 2 heteroatoms. The lowest BCUT2D eigenvalue weighted by molar-refractivity contribution is 0.685. The van der Waals surface area contributed by atoms with E-state index in [2.05, 4.69) is 19.0 Å². The van der Waals surface area contributed by atoms with Gasteiger partial charge in [0.15, 0.2) is 0 Å². The van der Waals surface area contributed by atoms with Crippen LogP contribution in [0.5, 0.6) is 0 Å². The van der Waals surface area contributed by atoms with Gasteiger partial charge in [-0.1, -0.05) is 37.4 Å². The number of rotatable bonds is 3. The average Bonchev–Trinajstić information content (AvgIpc) is 2.17. The van der Waals surface area contributed by atoms with Gasteiger partial charge in [0.2, 0.25) is 0 Å². The van der Waals surface area contributed by atoms with Gasteiger partial charge < -0.3 is 0 Å². The molecule has 1 atom stereocenters. The first-order valence-electron chi connectivity index (χ1n) is 4.24. The minimum Gasteiger partial charge on any atom is -0.258 e. The highest BCUT2D eigenvalue weighted by Gasteiger charge is 2.11. The number of allylic oxidation sites excluding steroid dienone is 1. The fourth-order valence-electron chi connectivity index (χ4n) is 1.20. The normalized spacial score (nSPS) is 14.4. The maximum atomic E-state index is 12.3. The van der Waals surface area contributed by atoms with Gasteiger partial charge in [0, 0.05) is 19.3 Å². The second kappa shape index (κ2) is 3.84. The molecule has 0 saturated heterocycles. The van der Waals surface area contributed by atoms with Crippen molar-refractivity contribution in [3.63, 3.8) is 0 Å². The summed E-state index contributed by atoms with van der Waals surface area (Å²) in [4.78, 5) is 1.22. The molecule has 1 unspecified atom stereocenters. The van der Waals surface area contributed by atoms with Crippen molar-refractivity contribution in [1.82, 2.24) is 0 Å². The predicted molar refractivity (Wildman–Crippen MR) is 64.0 cm³/mol. The largest absolute Gasteiger partial charge is 0.258 e. The minimum absolute atomic E-state index is 0.479. The van der Waals surface area contributed by atoms with Gasteiger partial charge in [-0.05, 0) is 24.4 Å². The van der Waals surface area contributed by atoms with Gasteiger partial charge in [0.05, 0.1) is 0 Å². The fourth-order valence-corrected chi connectivity index (χ4v) is 2.64. The highest BCUT2D eigenvalue weighted by molar-refractivity contribution is 8.04. The Hall–Kier alpha value is -1.28. The zero-order chi connectivity index (χ0) is 10.8. The van der Waals surface area contributed by atoms with E-state index in [0.717, 1.165) is 10.5 Å². The van der Waals surface area contributed by atoms with Gasteiger partial charge in [-0.25, -0.2) is 0 Å². The molecule has 1 nitrogen and oxygen atoms in total. The average molecular weight is 206 g/mol. The van der Waals surface area contributed by atoms with Gasteiger partial charge in [0.1, 0.15) is 0 Å². The van der Waals surface area contributed by atoms with E-state index in [1.54, 1.807) is 0 Å². The molecular weight excluding hydrogens is 192 g/mol. The monoisotopic (exact) mass is 206 g/mol. The molecule has 74 valence electrons. The molecule has 14 heavy (non-hydrogen) atoms. The lowest BCUT2D eigenvalue weighted by Crippen LogP contribution is -2.03. The van der Waals surface area contributed by atoms with Crippen LogP contribution in [-0.2, 0) is 9.52 Å². The Morgan fingerprint density at radius 2 is 2.00 bits per heavy atom. The third-order valence-corrected chi connectivity index (χ3v) is 4.28. The topological polar surface area (TPSA) is 17.1 Å². The number of hydrogen-bond donors (Lipinski definition) is 0. The van der Waals surface area contributed by atoms with Crippen LogP contribution in [0.15, 0.2) is 53.3 Å². The van der Waals surface area contributed by atoms with E-state index >= 15 is 0 Å². The van der Waals surface area contributed by atoms with Crippen LogP contribution in [0.1, 0.15) is 5.56 Å². The lowest BCUT2D eigenvalue weighted by atomic mass is 10.2. The highest BCUT2D eigenvalue weighted by atomic mass is 32.2. The Labute approximate surface area is 85.8 Å². The molecule has 0 aliphatic carbocycles. The van der Waals surface area contributed by atoms with E-state index in [1.807, 2.05) is 31.2 Å². The zero-order valence-electron chi connectivity index (χ0n) is 8.32. The van der Waals surface area contributed by atoms with Crippen LogP contribution < -0.4 is 0 Å².